The Kier molecular flexibility index (Phi) is 4.68. The highest BCUT2D eigenvalue weighted by atomic mass is 31.2. The van der Waals surface area contributed by atoms with E-state index in [2.05, 4.69) is 21.4 Å². The van der Waals surface area contributed by atoms with Gasteiger partial charge in [0.1, 0.15) is 11.8 Å². The van der Waals surface area contributed by atoms with Crippen LogP contribution in [0.15, 0.2) is 42.7 Å². The number of cyclic esters (lactones) is 1. The second-order valence-corrected chi connectivity index (χ2v) is 10.9. The highest BCUT2D eigenvalue weighted by Crippen LogP contribution is 2.43. The van der Waals surface area contributed by atoms with Gasteiger partial charge in [-0.25, -0.2) is 9.48 Å². The number of anilines is 1. The second kappa shape index (κ2) is 7.28. The van der Waals surface area contributed by atoms with Gasteiger partial charge in [0.2, 0.25) is 0 Å². The van der Waals surface area contributed by atoms with Crippen LogP contribution < -0.4 is 4.90 Å². The molecule has 0 N–H and O–H groups in total. The molecule has 2 aliphatic rings. The van der Waals surface area contributed by atoms with Crippen molar-refractivity contribution < 1.29 is 18.6 Å². The van der Waals surface area contributed by atoms with Crippen molar-refractivity contribution >= 4 is 19.1 Å². The molecule has 1 aromatic carbocycles. The molecular formula is C21H22N5O4P. The Morgan fingerprint density at radius 3 is 2.68 bits per heavy atom. The summed E-state index contributed by atoms with van der Waals surface area (Å²) in [5.41, 5.74) is 5.57. The first kappa shape index (κ1) is 19.9. The van der Waals surface area contributed by atoms with Gasteiger partial charge in [0.05, 0.1) is 30.2 Å². The first-order chi connectivity index (χ1) is 14.8. The molecule has 1 amide bonds. The molecule has 1 saturated heterocycles. The number of carbonyl (C=O) groups excluding carboxylic acids is 1. The normalized spacial score (nSPS) is 20.0. The second-order valence-electron chi connectivity index (χ2n) is 8.13. The highest BCUT2D eigenvalue weighted by molar-refractivity contribution is 7.57. The summed E-state index contributed by atoms with van der Waals surface area (Å²) in [4.78, 5) is 18.7. The van der Waals surface area contributed by atoms with Crippen LogP contribution in [0.25, 0.3) is 22.5 Å². The fourth-order valence-electron chi connectivity index (χ4n) is 4.09. The van der Waals surface area contributed by atoms with Crippen LogP contribution in [-0.4, -0.2) is 58.2 Å². The predicted molar refractivity (Wildman–Crippen MR) is 115 cm³/mol. The van der Waals surface area contributed by atoms with Crippen molar-refractivity contribution in [1.29, 1.82) is 0 Å². The Hall–Kier alpha value is -3.03. The maximum Gasteiger partial charge on any atom is 0.415 e. The Labute approximate surface area is 179 Å². The van der Waals surface area contributed by atoms with E-state index in [1.54, 1.807) is 29.1 Å². The summed E-state index contributed by atoms with van der Waals surface area (Å²) in [6.45, 7) is 3.25. The first-order valence-corrected chi connectivity index (χ1v) is 12.5. The van der Waals surface area contributed by atoms with Crippen molar-refractivity contribution in [2.24, 2.45) is 7.05 Å². The van der Waals surface area contributed by atoms with Crippen molar-refractivity contribution in [2.45, 2.75) is 18.6 Å². The molecule has 5 rings (SSSR count). The number of aromatic nitrogens is 4. The molecule has 2 aliphatic heterocycles. The summed E-state index contributed by atoms with van der Waals surface area (Å²) in [6, 6.07) is 9.81. The van der Waals surface area contributed by atoms with Crippen molar-refractivity contribution in [3.05, 3.63) is 48.3 Å². The van der Waals surface area contributed by atoms with E-state index in [0.29, 0.717) is 6.42 Å². The molecule has 0 aliphatic carbocycles. The molecule has 4 heterocycles. The predicted octanol–water partition coefficient (Wildman–Crippen LogP) is 3.35. The Morgan fingerprint density at radius 1 is 1.19 bits per heavy atom. The van der Waals surface area contributed by atoms with E-state index in [0.717, 1.165) is 33.8 Å². The number of nitrogens with zero attached hydrogens (tertiary/aromatic N) is 5. The number of hydrogen-bond donors (Lipinski definition) is 0. The minimum atomic E-state index is -2.65. The lowest BCUT2D eigenvalue weighted by Crippen LogP contribution is -2.35. The summed E-state index contributed by atoms with van der Waals surface area (Å²) in [7, 11) is -0.820. The lowest BCUT2D eigenvalue weighted by molar-refractivity contribution is 0.0935. The van der Waals surface area contributed by atoms with Crippen molar-refractivity contribution in [3.8, 4) is 22.5 Å². The molecule has 3 aromatic rings. The number of hydrogen-bond acceptors (Lipinski definition) is 7. The third-order valence-corrected chi connectivity index (χ3v) is 6.37. The zero-order valence-electron chi connectivity index (χ0n) is 17.4. The minimum absolute atomic E-state index is 0.131. The quantitative estimate of drug-likeness (QED) is 0.562. The van der Waals surface area contributed by atoms with Crippen LogP contribution in [0.2, 0.25) is 0 Å². The van der Waals surface area contributed by atoms with E-state index in [1.165, 1.54) is 0 Å². The number of aryl methyl sites for hydroxylation is 1. The van der Waals surface area contributed by atoms with Gasteiger partial charge < -0.3 is 9.26 Å². The van der Waals surface area contributed by atoms with Gasteiger partial charge in [-0.3, -0.25) is 14.4 Å². The maximum atomic E-state index is 12.4. The summed E-state index contributed by atoms with van der Waals surface area (Å²) < 4.78 is 24.5. The number of amides is 1. The smallest absolute Gasteiger partial charge is 0.415 e. The Bertz CT molecular complexity index is 1200. The number of rotatable bonds is 5. The van der Waals surface area contributed by atoms with Gasteiger partial charge >= 0.3 is 6.09 Å². The third kappa shape index (κ3) is 3.64. The molecule has 2 unspecified atom stereocenters. The Morgan fingerprint density at radius 2 is 2.00 bits per heavy atom. The van der Waals surface area contributed by atoms with Crippen molar-refractivity contribution in [3.63, 3.8) is 0 Å². The van der Waals surface area contributed by atoms with Gasteiger partial charge in [0.15, 0.2) is 7.37 Å². The largest absolute Gasteiger partial charge is 0.441 e. The van der Waals surface area contributed by atoms with Gasteiger partial charge in [-0.2, -0.15) is 0 Å². The van der Waals surface area contributed by atoms with Crippen molar-refractivity contribution in [1.82, 2.24) is 20.0 Å². The van der Waals surface area contributed by atoms with Crippen LogP contribution in [0.5, 0.6) is 0 Å². The highest BCUT2D eigenvalue weighted by Gasteiger charge is 2.47. The molecule has 9 nitrogen and oxygen atoms in total. The van der Waals surface area contributed by atoms with Gasteiger partial charge in [-0.05, 0) is 35.7 Å². The minimum Gasteiger partial charge on any atom is -0.441 e. The maximum absolute atomic E-state index is 12.4. The molecule has 0 radical (unpaired) electrons. The lowest BCUT2D eigenvalue weighted by atomic mass is 10.0. The van der Waals surface area contributed by atoms with Crippen LogP contribution >= 0.6 is 7.37 Å². The van der Waals surface area contributed by atoms with Crippen molar-refractivity contribution in [2.75, 3.05) is 24.8 Å². The molecule has 2 aromatic heterocycles. The fourth-order valence-corrected chi connectivity index (χ4v) is 4.60. The van der Waals surface area contributed by atoms with Crippen LogP contribution in [0, 0.1) is 0 Å². The van der Waals surface area contributed by atoms with Crippen LogP contribution in [0.3, 0.4) is 0 Å². The van der Waals surface area contributed by atoms with Crippen LogP contribution in [-0.2, 0) is 27.3 Å². The van der Waals surface area contributed by atoms with Gasteiger partial charge in [0.25, 0.3) is 0 Å². The topological polar surface area (TPSA) is 99.4 Å². The number of fused-ring (bicyclic) bond motifs is 3. The van der Waals surface area contributed by atoms with Gasteiger partial charge in [-0.1, -0.05) is 17.3 Å². The van der Waals surface area contributed by atoms with E-state index in [-0.39, 0.29) is 18.7 Å². The standard InChI is InChI=1S/C21H22N5O4P/c1-25-19(11-23-24-25)16-6-4-14(10-22-16)13-5-7-17-15(8-13)9-18-20(12-29-31(2,3)28)30-21(27)26(17)18/h4-8,10-11,18,20H,9,12H2,1-3H3. The van der Waals surface area contributed by atoms with E-state index < -0.39 is 13.5 Å². The zero-order valence-corrected chi connectivity index (χ0v) is 18.3. The number of ether oxygens (including phenoxy) is 1. The summed E-state index contributed by atoms with van der Waals surface area (Å²) in [6.07, 6.45) is 3.34. The SMILES string of the molecule is Cn1nncc1-c1ccc(-c2ccc3c(c2)CC2C(COP(C)(C)=O)OC(=O)N32)cn1. The molecule has 0 saturated carbocycles. The van der Waals surface area contributed by atoms with E-state index >= 15 is 0 Å². The third-order valence-electron chi connectivity index (χ3n) is 5.60. The molecule has 1 fully saturated rings. The van der Waals surface area contributed by atoms with Gasteiger partial charge in [0, 0.05) is 32.1 Å². The fraction of sp³-hybridized carbons (Fsp3) is 0.333. The summed E-state index contributed by atoms with van der Waals surface area (Å²) in [5.74, 6) is 0. The molecule has 31 heavy (non-hydrogen) atoms. The average molecular weight is 439 g/mol. The van der Waals surface area contributed by atoms with Gasteiger partial charge in [-0.15, -0.1) is 5.10 Å². The summed E-state index contributed by atoms with van der Waals surface area (Å²) >= 11 is 0. The monoisotopic (exact) mass is 439 g/mol. The number of pyridine rings is 1. The molecular weight excluding hydrogens is 417 g/mol. The molecule has 10 heteroatoms. The average Bonchev–Trinajstić information content (AvgIpc) is 3.40. The molecule has 0 spiro atoms. The van der Waals surface area contributed by atoms with E-state index in [1.807, 2.05) is 37.5 Å². The number of benzene rings is 1. The van der Waals surface area contributed by atoms with Crippen LogP contribution in [0.4, 0.5) is 10.5 Å². The van der Waals surface area contributed by atoms with Crippen LogP contribution in [0.1, 0.15) is 5.56 Å². The Balaban J connectivity index is 1.38. The van der Waals surface area contributed by atoms with E-state index in [4.69, 9.17) is 9.26 Å². The zero-order chi connectivity index (χ0) is 21.8. The first-order valence-electron chi connectivity index (χ1n) is 9.94. The molecule has 160 valence electrons. The molecule has 0 bridgehead atoms. The lowest BCUT2D eigenvalue weighted by Gasteiger charge is -2.17. The summed E-state index contributed by atoms with van der Waals surface area (Å²) in [5, 5.41) is 7.83. The molecule has 2 atom stereocenters. The number of carbonyl (C=O) groups is 1. The van der Waals surface area contributed by atoms with E-state index in [9.17, 15) is 9.36 Å².